The summed E-state index contributed by atoms with van der Waals surface area (Å²) in [7, 11) is 0. The topological polar surface area (TPSA) is 51.2 Å². The predicted octanol–water partition coefficient (Wildman–Crippen LogP) is 3.39. The van der Waals surface area contributed by atoms with Crippen LogP contribution < -0.4 is 10.1 Å². The molecular formula is C14H13ClN2O2. The number of anilines is 1. The van der Waals surface area contributed by atoms with Crippen LogP contribution in [0.2, 0.25) is 5.15 Å². The number of hydrogen-bond donors (Lipinski definition) is 1. The number of carbonyl (C=O) groups excluding carboxylic acids is 1. The second kappa shape index (κ2) is 6.20. The highest BCUT2D eigenvalue weighted by molar-refractivity contribution is 6.32. The third-order valence-electron chi connectivity index (χ3n) is 2.41. The van der Waals surface area contributed by atoms with Gasteiger partial charge in [0.15, 0.2) is 5.15 Å². The molecule has 1 aromatic heterocycles. The number of benzene rings is 1. The molecule has 0 saturated heterocycles. The summed E-state index contributed by atoms with van der Waals surface area (Å²) in [5.74, 6) is 0.406. The van der Waals surface area contributed by atoms with Gasteiger partial charge in [0.1, 0.15) is 5.75 Å². The summed E-state index contributed by atoms with van der Waals surface area (Å²) in [6, 6.07) is 10.4. The Morgan fingerprint density at radius 1 is 1.37 bits per heavy atom. The van der Waals surface area contributed by atoms with E-state index < -0.39 is 0 Å². The first kappa shape index (κ1) is 13.4. The summed E-state index contributed by atoms with van der Waals surface area (Å²) < 4.78 is 5.35. The summed E-state index contributed by atoms with van der Waals surface area (Å²) in [5.41, 5.74) is 0.988. The van der Waals surface area contributed by atoms with E-state index >= 15 is 0 Å². The fourth-order valence-corrected chi connectivity index (χ4v) is 1.73. The molecule has 98 valence electrons. The van der Waals surface area contributed by atoms with Crippen molar-refractivity contribution in [2.24, 2.45) is 0 Å². The van der Waals surface area contributed by atoms with Gasteiger partial charge in [0, 0.05) is 11.8 Å². The molecule has 1 N–H and O–H groups in total. The van der Waals surface area contributed by atoms with Crippen LogP contribution in [0.15, 0.2) is 42.6 Å². The lowest BCUT2D eigenvalue weighted by Crippen LogP contribution is -2.12. The van der Waals surface area contributed by atoms with E-state index in [2.05, 4.69) is 10.3 Å². The maximum Gasteiger partial charge on any atom is 0.255 e. The van der Waals surface area contributed by atoms with Crippen molar-refractivity contribution in [1.29, 1.82) is 0 Å². The first-order valence-electron chi connectivity index (χ1n) is 5.85. The molecule has 2 rings (SSSR count). The zero-order valence-corrected chi connectivity index (χ0v) is 11.1. The van der Waals surface area contributed by atoms with Crippen LogP contribution in [0.4, 0.5) is 5.69 Å². The molecule has 0 spiro atoms. The fraction of sp³-hybridized carbons (Fsp3) is 0.143. The molecule has 0 atom stereocenters. The lowest BCUT2D eigenvalue weighted by Gasteiger charge is -2.08. The van der Waals surface area contributed by atoms with E-state index in [1.54, 1.807) is 42.6 Å². The van der Waals surface area contributed by atoms with Crippen LogP contribution in [0.5, 0.6) is 5.75 Å². The maximum atomic E-state index is 12.1. The van der Waals surface area contributed by atoms with Gasteiger partial charge in [-0.2, -0.15) is 0 Å². The molecule has 0 unspecified atom stereocenters. The Morgan fingerprint density at radius 3 is 2.95 bits per heavy atom. The minimum Gasteiger partial charge on any atom is -0.494 e. The average molecular weight is 277 g/mol. The van der Waals surface area contributed by atoms with Gasteiger partial charge in [-0.3, -0.25) is 4.79 Å². The van der Waals surface area contributed by atoms with Gasteiger partial charge < -0.3 is 10.1 Å². The Bertz CT molecular complexity index is 587. The number of aromatic nitrogens is 1. The zero-order valence-electron chi connectivity index (χ0n) is 10.4. The number of pyridine rings is 1. The number of hydrogen-bond acceptors (Lipinski definition) is 3. The van der Waals surface area contributed by atoms with Crippen molar-refractivity contribution < 1.29 is 9.53 Å². The van der Waals surface area contributed by atoms with Crippen molar-refractivity contribution in [3.63, 3.8) is 0 Å². The number of halogens is 1. The summed E-state index contributed by atoms with van der Waals surface area (Å²) in [5, 5.41) is 2.97. The molecule has 2 aromatic rings. The van der Waals surface area contributed by atoms with Gasteiger partial charge in [-0.1, -0.05) is 17.7 Å². The molecule has 1 aromatic carbocycles. The number of rotatable bonds is 4. The first-order valence-corrected chi connectivity index (χ1v) is 6.23. The summed E-state index contributed by atoms with van der Waals surface area (Å²) in [4.78, 5) is 16.0. The quantitative estimate of drug-likeness (QED) is 0.871. The number of nitrogens with one attached hydrogen (secondary N) is 1. The molecule has 0 aliphatic rings. The fourth-order valence-electron chi connectivity index (χ4n) is 1.57. The van der Waals surface area contributed by atoms with Gasteiger partial charge in [0.05, 0.1) is 12.3 Å². The Kier molecular flexibility index (Phi) is 4.36. The van der Waals surface area contributed by atoms with Gasteiger partial charge >= 0.3 is 0 Å². The van der Waals surface area contributed by atoms with E-state index in [9.17, 15) is 4.79 Å². The molecule has 0 saturated carbocycles. The minimum atomic E-state index is -0.253. The van der Waals surface area contributed by atoms with Crippen molar-refractivity contribution in [2.45, 2.75) is 6.92 Å². The number of amides is 1. The van der Waals surface area contributed by atoms with E-state index in [0.717, 1.165) is 0 Å². The Labute approximate surface area is 116 Å². The van der Waals surface area contributed by atoms with Gasteiger partial charge in [0.2, 0.25) is 0 Å². The maximum absolute atomic E-state index is 12.1. The number of ether oxygens (including phenoxy) is 1. The zero-order chi connectivity index (χ0) is 13.7. The Balaban J connectivity index is 2.16. The highest BCUT2D eigenvalue weighted by Crippen LogP contribution is 2.19. The second-order valence-corrected chi connectivity index (χ2v) is 4.11. The van der Waals surface area contributed by atoms with Gasteiger partial charge in [-0.05, 0) is 37.3 Å². The monoisotopic (exact) mass is 276 g/mol. The third-order valence-corrected chi connectivity index (χ3v) is 2.72. The van der Waals surface area contributed by atoms with Crippen LogP contribution in [-0.2, 0) is 0 Å². The SMILES string of the molecule is CCOc1cccc(C(=O)Nc2cccnc2Cl)c1. The van der Waals surface area contributed by atoms with Crippen LogP contribution in [0.1, 0.15) is 17.3 Å². The predicted molar refractivity (Wildman–Crippen MR) is 74.8 cm³/mol. The highest BCUT2D eigenvalue weighted by Gasteiger charge is 2.09. The summed E-state index contributed by atoms with van der Waals surface area (Å²) in [6.45, 7) is 2.45. The van der Waals surface area contributed by atoms with Crippen LogP contribution in [0.25, 0.3) is 0 Å². The lowest BCUT2D eigenvalue weighted by molar-refractivity contribution is 0.102. The molecule has 4 nitrogen and oxygen atoms in total. The molecule has 0 aliphatic carbocycles. The van der Waals surface area contributed by atoms with Crippen LogP contribution in [0.3, 0.4) is 0 Å². The summed E-state index contributed by atoms with van der Waals surface area (Å²) in [6.07, 6.45) is 1.56. The number of carbonyl (C=O) groups is 1. The smallest absolute Gasteiger partial charge is 0.255 e. The van der Waals surface area contributed by atoms with Crippen LogP contribution in [-0.4, -0.2) is 17.5 Å². The van der Waals surface area contributed by atoms with E-state index in [1.165, 1.54) is 0 Å². The van der Waals surface area contributed by atoms with E-state index in [-0.39, 0.29) is 11.1 Å². The standard InChI is InChI=1S/C14H13ClN2O2/c1-2-19-11-6-3-5-10(9-11)14(18)17-12-7-4-8-16-13(12)15/h3-9H,2H2,1H3,(H,17,18). The second-order valence-electron chi connectivity index (χ2n) is 3.76. The van der Waals surface area contributed by atoms with E-state index in [4.69, 9.17) is 16.3 Å². The van der Waals surface area contributed by atoms with Crippen LogP contribution in [0, 0.1) is 0 Å². The first-order chi connectivity index (χ1) is 9.20. The molecule has 19 heavy (non-hydrogen) atoms. The molecule has 0 fully saturated rings. The number of nitrogens with zero attached hydrogens (tertiary/aromatic N) is 1. The molecule has 5 heteroatoms. The van der Waals surface area contributed by atoms with Gasteiger partial charge in [0.25, 0.3) is 5.91 Å². The molecule has 1 amide bonds. The van der Waals surface area contributed by atoms with Crippen molar-refractivity contribution in [1.82, 2.24) is 4.98 Å². The molecule has 1 heterocycles. The Hall–Kier alpha value is -2.07. The third kappa shape index (κ3) is 3.45. The van der Waals surface area contributed by atoms with Crippen LogP contribution >= 0.6 is 11.6 Å². The van der Waals surface area contributed by atoms with Crippen molar-refractivity contribution in [3.05, 3.63) is 53.3 Å². The average Bonchev–Trinajstić information content (AvgIpc) is 2.42. The van der Waals surface area contributed by atoms with E-state index in [1.807, 2.05) is 6.92 Å². The van der Waals surface area contributed by atoms with Crippen molar-refractivity contribution >= 4 is 23.2 Å². The molecule has 0 radical (unpaired) electrons. The lowest BCUT2D eigenvalue weighted by atomic mass is 10.2. The Morgan fingerprint density at radius 2 is 2.21 bits per heavy atom. The summed E-state index contributed by atoms with van der Waals surface area (Å²) >= 11 is 5.89. The minimum absolute atomic E-state index is 0.253. The van der Waals surface area contributed by atoms with Crippen molar-refractivity contribution in [2.75, 3.05) is 11.9 Å². The largest absolute Gasteiger partial charge is 0.494 e. The normalized spacial score (nSPS) is 10.0. The van der Waals surface area contributed by atoms with E-state index in [0.29, 0.717) is 23.6 Å². The van der Waals surface area contributed by atoms with Gasteiger partial charge in [-0.15, -0.1) is 0 Å². The molecule has 0 aliphatic heterocycles. The molecule has 0 bridgehead atoms. The molecular weight excluding hydrogens is 264 g/mol. The van der Waals surface area contributed by atoms with Gasteiger partial charge in [-0.25, -0.2) is 4.98 Å². The highest BCUT2D eigenvalue weighted by atomic mass is 35.5. The van der Waals surface area contributed by atoms with Crippen molar-refractivity contribution in [3.8, 4) is 5.75 Å².